The number of benzene rings is 2. The van der Waals surface area contributed by atoms with Gasteiger partial charge in [-0.2, -0.15) is 0 Å². The lowest BCUT2D eigenvalue weighted by Gasteiger charge is -2.35. The number of imidazole rings is 2. The van der Waals surface area contributed by atoms with E-state index in [1.165, 1.54) is 11.3 Å². The van der Waals surface area contributed by atoms with E-state index in [2.05, 4.69) is 88.0 Å². The van der Waals surface area contributed by atoms with Crippen LogP contribution in [0.15, 0.2) is 48.7 Å². The zero-order valence-electron chi connectivity index (χ0n) is 19.4. The summed E-state index contributed by atoms with van der Waals surface area (Å²) in [6.07, 6.45) is 2.02. The lowest BCUT2D eigenvalue weighted by atomic mass is 9.87. The summed E-state index contributed by atoms with van der Waals surface area (Å²) in [5.74, 6) is 1.91. The molecule has 1 aliphatic heterocycles. The van der Waals surface area contributed by atoms with Gasteiger partial charge >= 0.3 is 0 Å². The van der Waals surface area contributed by atoms with E-state index >= 15 is 0 Å². The largest absolute Gasteiger partial charge is 0.367 e. The molecule has 0 aliphatic carbocycles. The first-order valence-electron chi connectivity index (χ1n) is 11.4. The predicted octanol–water partition coefficient (Wildman–Crippen LogP) is 4.88. The quantitative estimate of drug-likeness (QED) is 0.486. The Morgan fingerprint density at radius 2 is 1.69 bits per heavy atom. The van der Waals surface area contributed by atoms with Crippen molar-refractivity contribution in [3.8, 4) is 11.4 Å². The SMILES string of the molecule is Cc1nc(CN2CCN(c3cccc4[nH]c(-c5ccc(C(C)(C)C)cc5)nc34)CC2)c[nH]1. The highest BCUT2D eigenvalue weighted by Gasteiger charge is 2.21. The number of rotatable bonds is 4. The van der Waals surface area contributed by atoms with Gasteiger partial charge in [0, 0.05) is 44.5 Å². The lowest BCUT2D eigenvalue weighted by molar-refractivity contribution is 0.247. The fraction of sp³-hybridized carbons (Fsp3) is 0.385. The van der Waals surface area contributed by atoms with Crippen LogP contribution in [0.5, 0.6) is 0 Å². The smallest absolute Gasteiger partial charge is 0.138 e. The highest BCUT2D eigenvalue weighted by molar-refractivity contribution is 5.91. The first-order valence-corrected chi connectivity index (χ1v) is 11.4. The molecule has 6 nitrogen and oxygen atoms in total. The second-order valence-electron chi connectivity index (χ2n) is 9.83. The van der Waals surface area contributed by atoms with Gasteiger partial charge in [0.25, 0.3) is 0 Å². The molecule has 3 heterocycles. The Morgan fingerprint density at radius 3 is 2.34 bits per heavy atom. The molecule has 0 amide bonds. The molecule has 0 radical (unpaired) electrons. The van der Waals surface area contributed by atoms with Crippen LogP contribution in [0.25, 0.3) is 22.4 Å². The van der Waals surface area contributed by atoms with Crippen LogP contribution in [0.1, 0.15) is 37.9 Å². The van der Waals surface area contributed by atoms with Crippen molar-refractivity contribution < 1.29 is 0 Å². The molecule has 0 atom stereocenters. The Balaban J connectivity index is 1.34. The van der Waals surface area contributed by atoms with Crippen LogP contribution in [0.2, 0.25) is 0 Å². The summed E-state index contributed by atoms with van der Waals surface area (Å²) in [4.78, 5) is 21.2. The van der Waals surface area contributed by atoms with Gasteiger partial charge in [-0.3, -0.25) is 4.90 Å². The zero-order valence-corrected chi connectivity index (χ0v) is 19.4. The molecule has 166 valence electrons. The number of anilines is 1. The molecule has 2 aromatic carbocycles. The Labute approximate surface area is 189 Å². The first-order chi connectivity index (χ1) is 15.4. The number of para-hydroxylation sites is 1. The maximum Gasteiger partial charge on any atom is 0.138 e. The minimum atomic E-state index is 0.151. The highest BCUT2D eigenvalue weighted by Crippen LogP contribution is 2.30. The molecule has 1 aliphatic rings. The Hall–Kier alpha value is -3.12. The molecule has 0 unspecified atom stereocenters. The Kier molecular flexibility index (Phi) is 5.25. The number of fused-ring (bicyclic) bond motifs is 1. The van der Waals surface area contributed by atoms with Gasteiger partial charge in [-0.05, 0) is 30.0 Å². The summed E-state index contributed by atoms with van der Waals surface area (Å²) in [5.41, 5.74) is 7.09. The van der Waals surface area contributed by atoms with Crippen molar-refractivity contribution in [2.24, 2.45) is 0 Å². The van der Waals surface area contributed by atoms with Gasteiger partial charge in [0.1, 0.15) is 17.2 Å². The topological polar surface area (TPSA) is 63.8 Å². The standard InChI is InChI=1S/C26H32N6/c1-18-27-16-21(28-18)17-31-12-14-32(15-13-31)23-7-5-6-22-24(23)30-25(29-22)19-8-10-20(11-9-19)26(2,3)4/h5-11,16H,12-15,17H2,1-4H3,(H,27,28)(H,29,30). The van der Waals surface area contributed by atoms with Crippen molar-refractivity contribution in [3.63, 3.8) is 0 Å². The van der Waals surface area contributed by atoms with Crippen molar-refractivity contribution in [2.45, 2.75) is 39.7 Å². The number of aromatic nitrogens is 4. The highest BCUT2D eigenvalue weighted by atomic mass is 15.3. The monoisotopic (exact) mass is 428 g/mol. The van der Waals surface area contributed by atoms with Crippen LogP contribution in [0.4, 0.5) is 5.69 Å². The fourth-order valence-corrected chi connectivity index (χ4v) is 4.46. The van der Waals surface area contributed by atoms with Gasteiger partial charge in [-0.25, -0.2) is 9.97 Å². The summed E-state index contributed by atoms with van der Waals surface area (Å²) < 4.78 is 0. The minimum Gasteiger partial charge on any atom is -0.367 e. The van der Waals surface area contributed by atoms with E-state index in [1.54, 1.807) is 0 Å². The van der Waals surface area contributed by atoms with Crippen LogP contribution in [-0.4, -0.2) is 51.0 Å². The summed E-state index contributed by atoms with van der Waals surface area (Å²) in [6, 6.07) is 15.2. The number of aryl methyl sites for hydroxylation is 1. The molecule has 0 bridgehead atoms. The van der Waals surface area contributed by atoms with Crippen molar-refractivity contribution >= 4 is 16.7 Å². The van der Waals surface area contributed by atoms with E-state index in [9.17, 15) is 0 Å². The molecule has 5 rings (SSSR count). The van der Waals surface area contributed by atoms with E-state index in [4.69, 9.17) is 4.98 Å². The Morgan fingerprint density at radius 1 is 0.938 bits per heavy atom. The third kappa shape index (κ3) is 4.15. The summed E-state index contributed by atoms with van der Waals surface area (Å²) >= 11 is 0. The van der Waals surface area contributed by atoms with Gasteiger partial charge in [-0.15, -0.1) is 0 Å². The molecule has 6 heteroatoms. The van der Waals surface area contributed by atoms with E-state index in [-0.39, 0.29) is 5.41 Å². The first kappa shape index (κ1) is 20.8. The predicted molar refractivity (Wildman–Crippen MR) is 131 cm³/mol. The molecule has 32 heavy (non-hydrogen) atoms. The van der Waals surface area contributed by atoms with Crippen LogP contribution in [0, 0.1) is 6.92 Å². The maximum absolute atomic E-state index is 5.01. The van der Waals surface area contributed by atoms with Crippen molar-refractivity contribution in [3.05, 3.63) is 65.7 Å². The lowest BCUT2D eigenvalue weighted by Crippen LogP contribution is -2.46. The van der Waals surface area contributed by atoms with Crippen molar-refractivity contribution in [2.75, 3.05) is 31.1 Å². The third-order valence-corrected chi connectivity index (χ3v) is 6.37. The third-order valence-electron chi connectivity index (χ3n) is 6.37. The molecule has 4 aromatic rings. The number of hydrogen-bond donors (Lipinski definition) is 2. The van der Waals surface area contributed by atoms with Crippen LogP contribution in [0.3, 0.4) is 0 Å². The van der Waals surface area contributed by atoms with Gasteiger partial charge < -0.3 is 14.9 Å². The van der Waals surface area contributed by atoms with Crippen molar-refractivity contribution in [1.29, 1.82) is 0 Å². The number of piperazine rings is 1. The van der Waals surface area contributed by atoms with Crippen LogP contribution >= 0.6 is 0 Å². The normalized spacial score (nSPS) is 15.6. The number of nitrogens with zero attached hydrogens (tertiary/aromatic N) is 4. The van der Waals surface area contributed by atoms with Crippen LogP contribution in [-0.2, 0) is 12.0 Å². The Bertz CT molecular complexity index is 1200. The maximum atomic E-state index is 5.01. The molecule has 2 N–H and O–H groups in total. The number of nitrogens with one attached hydrogen (secondary N) is 2. The van der Waals surface area contributed by atoms with Gasteiger partial charge in [0.05, 0.1) is 16.9 Å². The molecule has 1 saturated heterocycles. The van der Waals surface area contributed by atoms with E-state index in [0.29, 0.717) is 0 Å². The minimum absolute atomic E-state index is 0.151. The average Bonchev–Trinajstić information content (AvgIpc) is 3.39. The van der Waals surface area contributed by atoms with E-state index in [1.807, 2.05) is 13.1 Å². The molecule has 2 aromatic heterocycles. The van der Waals surface area contributed by atoms with Gasteiger partial charge in [-0.1, -0.05) is 51.1 Å². The van der Waals surface area contributed by atoms with Crippen molar-refractivity contribution in [1.82, 2.24) is 24.8 Å². The number of H-pyrrole nitrogens is 2. The zero-order chi connectivity index (χ0) is 22.3. The second kappa shape index (κ2) is 8.10. The second-order valence-corrected chi connectivity index (χ2v) is 9.83. The van der Waals surface area contributed by atoms with Crippen LogP contribution < -0.4 is 4.90 Å². The van der Waals surface area contributed by atoms with Gasteiger partial charge in [0.2, 0.25) is 0 Å². The van der Waals surface area contributed by atoms with Gasteiger partial charge in [0.15, 0.2) is 0 Å². The van der Waals surface area contributed by atoms with E-state index < -0.39 is 0 Å². The molecule has 0 saturated carbocycles. The molecular formula is C26H32N6. The summed E-state index contributed by atoms with van der Waals surface area (Å²) in [6.45, 7) is 13.7. The summed E-state index contributed by atoms with van der Waals surface area (Å²) in [5, 5.41) is 0. The average molecular weight is 429 g/mol. The van der Waals surface area contributed by atoms with E-state index in [0.717, 1.165) is 66.7 Å². The molecule has 1 fully saturated rings. The number of hydrogen-bond acceptors (Lipinski definition) is 4. The number of aromatic amines is 2. The summed E-state index contributed by atoms with van der Waals surface area (Å²) in [7, 11) is 0. The fourth-order valence-electron chi connectivity index (χ4n) is 4.46. The molecule has 0 spiro atoms. The molecular weight excluding hydrogens is 396 g/mol.